The van der Waals surface area contributed by atoms with E-state index in [2.05, 4.69) is 5.32 Å². The van der Waals surface area contributed by atoms with Crippen molar-refractivity contribution in [2.75, 3.05) is 17.3 Å². The van der Waals surface area contributed by atoms with Crippen LogP contribution < -0.4 is 10.2 Å². The largest absolute Gasteiger partial charge is 0.326 e. The summed E-state index contributed by atoms with van der Waals surface area (Å²) in [5.74, 6) is -0.727. The standard InChI is InChI=1S/C21H23FN2O2/c1-24(19-13-6-5-12-18(19)22)21(26)16-10-7-11-17(14-16)23-20(25)15-8-3-2-4-9-15/h5-7,10-15H,2-4,8-9H2,1H3,(H,23,25). The maximum atomic E-state index is 13.9. The van der Waals surface area contributed by atoms with Gasteiger partial charge in [0.05, 0.1) is 5.69 Å². The number of carbonyl (C=O) groups is 2. The number of rotatable bonds is 4. The fourth-order valence-corrected chi connectivity index (χ4v) is 3.37. The third-order valence-electron chi connectivity index (χ3n) is 4.87. The molecule has 0 radical (unpaired) electrons. The van der Waals surface area contributed by atoms with Crippen LogP contribution >= 0.6 is 0 Å². The fraction of sp³-hybridized carbons (Fsp3) is 0.333. The lowest BCUT2D eigenvalue weighted by atomic mass is 9.88. The highest BCUT2D eigenvalue weighted by Gasteiger charge is 2.22. The highest BCUT2D eigenvalue weighted by atomic mass is 19.1. The molecule has 0 bridgehead atoms. The van der Waals surface area contributed by atoms with Crippen molar-refractivity contribution in [3.63, 3.8) is 0 Å². The number of amides is 2. The Hall–Kier alpha value is -2.69. The molecule has 1 saturated carbocycles. The van der Waals surface area contributed by atoms with Gasteiger partial charge in [0.25, 0.3) is 5.91 Å². The number of anilines is 2. The van der Waals surface area contributed by atoms with Gasteiger partial charge in [0.1, 0.15) is 5.82 Å². The van der Waals surface area contributed by atoms with Crippen molar-refractivity contribution in [3.05, 3.63) is 59.9 Å². The molecule has 2 aromatic carbocycles. The van der Waals surface area contributed by atoms with E-state index in [-0.39, 0.29) is 23.4 Å². The van der Waals surface area contributed by atoms with Crippen LogP contribution in [0, 0.1) is 11.7 Å². The van der Waals surface area contributed by atoms with Gasteiger partial charge in [0.2, 0.25) is 5.91 Å². The topological polar surface area (TPSA) is 49.4 Å². The minimum Gasteiger partial charge on any atom is -0.326 e. The van der Waals surface area contributed by atoms with E-state index >= 15 is 0 Å². The molecule has 1 N–H and O–H groups in total. The van der Waals surface area contributed by atoms with Crippen LogP contribution in [0.4, 0.5) is 15.8 Å². The second-order valence-electron chi connectivity index (χ2n) is 6.72. The zero-order valence-electron chi connectivity index (χ0n) is 14.9. The van der Waals surface area contributed by atoms with Crippen LogP contribution in [0.3, 0.4) is 0 Å². The van der Waals surface area contributed by atoms with Crippen LogP contribution in [0.1, 0.15) is 42.5 Å². The lowest BCUT2D eigenvalue weighted by molar-refractivity contribution is -0.120. The van der Waals surface area contributed by atoms with Gasteiger partial charge in [0, 0.05) is 24.2 Å². The monoisotopic (exact) mass is 354 g/mol. The van der Waals surface area contributed by atoms with E-state index in [0.29, 0.717) is 11.3 Å². The predicted molar refractivity (Wildman–Crippen MR) is 101 cm³/mol. The van der Waals surface area contributed by atoms with Gasteiger partial charge in [-0.15, -0.1) is 0 Å². The predicted octanol–water partition coefficient (Wildman–Crippen LogP) is 4.62. The van der Waals surface area contributed by atoms with Gasteiger partial charge in [-0.05, 0) is 43.2 Å². The summed E-state index contributed by atoms with van der Waals surface area (Å²) in [6.07, 6.45) is 5.20. The second-order valence-corrected chi connectivity index (χ2v) is 6.72. The molecular weight excluding hydrogens is 331 g/mol. The number of halogens is 1. The minimum absolute atomic E-state index is 0.0109. The van der Waals surface area contributed by atoms with Crippen molar-refractivity contribution in [2.45, 2.75) is 32.1 Å². The summed E-state index contributed by atoms with van der Waals surface area (Å²) in [5.41, 5.74) is 1.21. The van der Waals surface area contributed by atoms with Gasteiger partial charge >= 0.3 is 0 Å². The summed E-state index contributed by atoms with van der Waals surface area (Å²) in [6.45, 7) is 0. The molecule has 136 valence electrons. The molecule has 0 heterocycles. The van der Waals surface area contributed by atoms with E-state index in [1.54, 1.807) is 42.5 Å². The maximum absolute atomic E-state index is 13.9. The van der Waals surface area contributed by atoms with Crippen LogP contribution in [0.25, 0.3) is 0 Å². The SMILES string of the molecule is CN(C(=O)c1cccc(NC(=O)C2CCCCC2)c1)c1ccccc1F. The number of benzene rings is 2. The van der Waals surface area contributed by atoms with Gasteiger partial charge in [-0.2, -0.15) is 0 Å². The van der Waals surface area contributed by atoms with Crippen LogP contribution in [0.15, 0.2) is 48.5 Å². The molecule has 3 rings (SSSR count). The number of hydrogen-bond donors (Lipinski definition) is 1. The summed E-state index contributed by atoms with van der Waals surface area (Å²) in [6, 6.07) is 12.9. The summed E-state index contributed by atoms with van der Waals surface area (Å²) in [5, 5.41) is 2.91. The Morgan fingerprint density at radius 3 is 2.50 bits per heavy atom. The number of hydrogen-bond acceptors (Lipinski definition) is 2. The van der Waals surface area contributed by atoms with Crippen molar-refractivity contribution in [1.82, 2.24) is 0 Å². The van der Waals surface area contributed by atoms with Crippen LogP contribution in [0.2, 0.25) is 0 Å². The normalized spacial score (nSPS) is 14.7. The van der Waals surface area contributed by atoms with E-state index in [1.807, 2.05) is 0 Å². The van der Waals surface area contributed by atoms with E-state index in [0.717, 1.165) is 25.7 Å². The molecule has 2 aromatic rings. The third-order valence-corrected chi connectivity index (χ3v) is 4.87. The van der Waals surface area contributed by atoms with Crippen LogP contribution in [-0.4, -0.2) is 18.9 Å². The molecule has 4 nitrogen and oxygen atoms in total. The summed E-state index contributed by atoms with van der Waals surface area (Å²) in [7, 11) is 1.54. The Bertz CT molecular complexity index is 800. The first kappa shape index (κ1) is 18.1. The lowest BCUT2D eigenvalue weighted by Gasteiger charge is -2.21. The minimum atomic E-state index is -0.454. The highest BCUT2D eigenvalue weighted by Crippen LogP contribution is 2.25. The molecule has 0 saturated heterocycles. The quantitative estimate of drug-likeness (QED) is 0.871. The Morgan fingerprint density at radius 1 is 1.04 bits per heavy atom. The summed E-state index contributed by atoms with van der Waals surface area (Å²) in [4.78, 5) is 26.4. The van der Waals surface area contributed by atoms with E-state index in [9.17, 15) is 14.0 Å². The molecule has 1 fully saturated rings. The molecular formula is C21H23FN2O2. The van der Waals surface area contributed by atoms with Gasteiger partial charge < -0.3 is 10.2 Å². The Balaban J connectivity index is 1.73. The number of carbonyl (C=O) groups excluding carboxylic acids is 2. The van der Waals surface area contributed by atoms with Crippen molar-refractivity contribution >= 4 is 23.2 Å². The van der Waals surface area contributed by atoms with Crippen molar-refractivity contribution < 1.29 is 14.0 Å². The zero-order chi connectivity index (χ0) is 18.5. The van der Waals surface area contributed by atoms with Crippen molar-refractivity contribution in [2.24, 2.45) is 5.92 Å². The third kappa shape index (κ3) is 4.10. The Kier molecular flexibility index (Phi) is 5.66. The Labute approximate surface area is 153 Å². The molecule has 0 spiro atoms. The molecule has 0 unspecified atom stereocenters. The lowest BCUT2D eigenvalue weighted by Crippen LogP contribution is -2.27. The molecule has 1 aliphatic rings. The van der Waals surface area contributed by atoms with Crippen molar-refractivity contribution in [3.8, 4) is 0 Å². The molecule has 26 heavy (non-hydrogen) atoms. The van der Waals surface area contributed by atoms with Gasteiger partial charge in [-0.25, -0.2) is 4.39 Å². The van der Waals surface area contributed by atoms with E-state index < -0.39 is 5.82 Å². The molecule has 0 atom stereocenters. The average molecular weight is 354 g/mol. The van der Waals surface area contributed by atoms with Gasteiger partial charge in [-0.3, -0.25) is 9.59 Å². The van der Waals surface area contributed by atoms with E-state index in [4.69, 9.17) is 0 Å². The maximum Gasteiger partial charge on any atom is 0.258 e. The average Bonchev–Trinajstić information content (AvgIpc) is 2.68. The fourth-order valence-electron chi connectivity index (χ4n) is 3.37. The first-order valence-corrected chi connectivity index (χ1v) is 9.00. The first-order valence-electron chi connectivity index (χ1n) is 9.00. The van der Waals surface area contributed by atoms with Crippen LogP contribution in [0.5, 0.6) is 0 Å². The molecule has 0 aromatic heterocycles. The zero-order valence-corrected chi connectivity index (χ0v) is 14.9. The van der Waals surface area contributed by atoms with Gasteiger partial charge in [0.15, 0.2) is 0 Å². The summed E-state index contributed by atoms with van der Waals surface area (Å²) < 4.78 is 13.9. The molecule has 1 aliphatic carbocycles. The summed E-state index contributed by atoms with van der Waals surface area (Å²) >= 11 is 0. The van der Waals surface area contributed by atoms with Gasteiger partial charge in [-0.1, -0.05) is 37.5 Å². The molecule has 0 aliphatic heterocycles. The molecule has 2 amide bonds. The number of nitrogens with one attached hydrogen (secondary N) is 1. The van der Waals surface area contributed by atoms with Crippen LogP contribution in [-0.2, 0) is 4.79 Å². The number of nitrogens with zero attached hydrogens (tertiary/aromatic N) is 1. The molecule has 5 heteroatoms. The van der Waals surface area contributed by atoms with Crippen molar-refractivity contribution in [1.29, 1.82) is 0 Å². The highest BCUT2D eigenvalue weighted by molar-refractivity contribution is 6.06. The smallest absolute Gasteiger partial charge is 0.258 e. The Morgan fingerprint density at radius 2 is 1.77 bits per heavy atom. The second kappa shape index (κ2) is 8.13. The van der Waals surface area contributed by atoms with E-state index in [1.165, 1.54) is 24.4 Å². The number of para-hydroxylation sites is 1. The first-order chi connectivity index (χ1) is 12.6.